The van der Waals surface area contributed by atoms with Gasteiger partial charge in [-0.2, -0.15) is 0 Å². The Bertz CT molecular complexity index is 1320. The number of Topliss-reactive ketones (excluding diaryl/α,β-unsaturated/α-hetero) is 2. The van der Waals surface area contributed by atoms with Crippen LogP contribution in [0, 0.1) is 6.92 Å². The third kappa shape index (κ3) is 3.01. The lowest BCUT2D eigenvalue weighted by molar-refractivity contribution is 0.0990. The average molecular weight is 482 g/mol. The van der Waals surface area contributed by atoms with E-state index in [1.54, 1.807) is 6.08 Å². The van der Waals surface area contributed by atoms with Crippen molar-refractivity contribution in [2.75, 3.05) is 11.4 Å². The molecule has 5 rings (SSSR count). The molecule has 0 bridgehead atoms. The number of ketones is 2. The summed E-state index contributed by atoms with van der Waals surface area (Å²) in [6, 6.07) is 11.4. The molecule has 0 N–H and O–H groups in total. The van der Waals surface area contributed by atoms with E-state index >= 15 is 0 Å². The molecule has 2 aliphatic rings. The van der Waals surface area contributed by atoms with Crippen LogP contribution < -0.4 is 4.90 Å². The third-order valence-corrected chi connectivity index (χ3v) is 8.20. The number of fused-ring (bicyclic) bond motifs is 3. The summed E-state index contributed by atoms with van der Waals surface area (Å²) in [5.74, 6) is -0.627. The quantitative estimate of drug-likeness (QED) is 0.279. The molecule has 6 heteroatoms. The zero-order valence-electron chi connectivity index (χ0n) is 18.2. The van der Waals surface area contributed by atoms with Gasteiger partial charge in [-0.3, -0.25) is 9.59 Å². The fraction of sp³-hybridized carbons (Fsp3) is 0.231. The Kier molecular flexibility index (Phi) is 4.90. The summed E-state index contributed by atoms with van der Waals surface area (Å²) in [6.07, 6.45) is 1.69. The Morgan fingerprint density at radius 1 is 0.969 bits per heavy atom. The van der Waals surface area contributed by atoms with E-state index in [1.165, 1.54) is 38.8 Å². The molecule has 0 spiro atoms. The molecule has 0 saturated heterocycles. The number of hydrogen-bond acceptors (Lipinski definition) is 4. The van der Waals surface area contributed by atoms with Crippen molar-refractivity contribution in [2.45, 2.75) is 33.1 Å². The number of halogens is 2. The van der Waals surface area contributed by atoms with Crippen molar-refractivity contribution in [3.05, 3.63) is 84.7 Å². The molecule has 0 amide bonds. The van der Waals surface area contributed by atoms with Crippen LogP contribution in [0.5, 0.6) is 0 Å². The summed E-state index contributed by atoms with van der Waals surface area (Å²) in [5, 5.41) is 1.83. The van der Waals surface area contributed by atoms with Crippen molar-refractivity contribution in [3.8, 4) is 0 Å². The number of benzene rings is 2. The van der Waals surface area contributed by atoms with Crippen LogP contribution >= 0.6 is 34.5 Å². The highest BCUT2D eigenvalue weighted by atomic mass is 35.5. The molecule has 0 radical (unpaired) electrons. The van der Waals surface area contributed by atoms with E-state index in [1.807, 2.05) is 17.4 Å². The first-order valence-corrected chi connectivity index (χ1v) is 12.0. The highest BCUT2D eigenvalue weighted by molar-refractivity contribution is 7.16. The van der Waals surface area contributed by atoms with E-state index in [-0.39, 0.29) is 32.6 Å². The first-order chi connectivity index (χ1) is 15.1. The molecule has 2 heterocycles. The first kappa shape index (κ1) is 21.4. The Hall–Kier alpha value is -2.40. The average Bonchev–Trinajstić information content (AvgIpc) is 3.24. The molecule has 0 fully saturated rings. The van der Waals surface area contributed by atoms with Crippen LogP contribution in [0.4, 0.5) is 10.7 Å². The van der Waals surface area contributed by atoms with Crippen LogP contribution in [0.3, 0.4) is 0 Å². The number of rotatable bonds is 2. The SMILES string of the molecule is CCN1c2ccc(C=C3C(=O)c4cc(Cl)c(Cl)cc4C3=O)cc2C(C)(C)c2cc(C)sc21. The van der Waals surface area contributed by atoms with E-state index in [0.29, 0.717) is 11.1 Å². The minimum atomic E-state index is -0.313. The Morgan fingerprint density at radius 2 is 1.59 bits per heavy atom. The predicted octanol–water partition coefficient (Wildman–Crippen LogP) is 7.62. The Labute approximate surface area is 201 Å². The molecule has 1 aliphatic heterocycles. The summed E-state index contributed by atoms with van der Waals surface area (Å²) in [7, 11) is 0. The summed E-state index contributed by atoms with van der Waals surface area (Å²) in [4.78, 5) is 29.5. The molecule has 0 saturated carbocycles. The Balaban J connectivity index is 1.62. The highest BCUT2D eigenvalue weighted by Crippen LogP contribution is 2.52. The summed E-state index contributed by atoms with van der Waals surface area (Å²) in [6.45, 7) is 9.62. The van der Waals surface area contributed by atoms with Gasteiger partial charge in [0.1, 0.15) is 0 Å². The molecule has 3 aromatic rings. The van der Waals surface area contributed by atoms with Crippen molar-refractivity contribution in [3.63, 3.8) is 0 Å². The molecule has 1 aliphatic carbocycles. The molecule has 1 aromatic heterocycles. The smallest absolute Gasteiger partial charge is 0.197 e. The van der Waals surface area contributed by atoms with Gasteiger partial charge in [-0.25, -0.2) is 0 Å². The topological polar surface area (TPSA) is 37.4 Å². The van der Waals surface area contributed by atoms with E-state index in [2.05, 4.69) is 50.8 Å². The van der Waals surface area contributed by atoms with Gasteiger partial charge in [-0.15, -0.1) is 11.3 Å². The fourth-order valence-corrected chi connectivity index (χ4v) is 6.28. The van der Waals surface area contributed by atoms with Gasteiger partial charge in [0.05, 0.1) is 20.6 Å². The number of hydrogen-bond donors (Lipinski definition) is 0. The monoisotopic (exact) mass is 481 g/mol. The van der Waals surface area contributed by atoms with Crippen LogP contribution in [0.1, 0.15) is 63.1 Å². The number of aryl methyl sites for hydroxylation is 1. The van der Waals surface area contributed by atoms with Gasteiger partial charge >= 0.3 is 0 Å². The van der Waals surface area contributed by atoms with Crippen LogP contribution in [0.25, 0.3) is 6.08 Å². The molecule has 162 valence electrons. The second kappa shape index (κ2) is 7.31. The standard InChI is InChI=1S/C26H21Cl2NO2S/c1-5-29-22-7-6-14(10-18(22)26(3,4)19-8-13(2)32-25(19)29)9-17-23(30)15-11-20(27)21(28)12-16(15)24(17)31/h6-12H,5H2,1-4H3. The molecule has 3 nitrogen and oxygen atoms in total. The number of thiophene rings is 1. The number of allylic oxidation sites excluding steroid dienone is 1. The van der Waals surface area contributed by atoms with E-state index in [0.717, 1.165) is 12.1 Å². The van der Waals surface area contributed by atoms with Gasteiger partial charge in [0.25, 0.3) is 0 Å². The van der Waals surface area contributed by atoms with Crippen LogP contribution in [-0.4, -0.2) is 18.1 Å². The van der Waals surface area contributed by atoms with Crippen molar-refractivity contribution < 1.29 is 9.59 Å². The maximum Gasteiger partial charge on any atom is 0.197 e. The lowest BCUT2D eigenvalue weighted by Crippen LogP contribution is -2.31. The fourth-order valence-electron chi connectivity index (χ4n) is 4.71. The van der Waals surface area contributed by atoms with E-state index in [9.17, 15) is 9.59 Å². The zero-order chi connectivity index (χ0) is 22.9. The second-order valence-electron chi connectivity index (χ2n) is 8.75. The van der Waals surface area contributed by atoms with Gasteiger partial charge in [0, 0.05) is 33.7 Å². The molecule has 0 atom stereocenters. The lowest BCUT2D eigenvalue weighted by atomic mass is 9.75. The van der Waals surface area contributed by atoms with E-state index < -0.39 is 0 Å². The van der Waals surface area contributed by atoms with Crippen molar-refractivity contribution in [2.24, 2.45) is 0 Å². The van der Waals surface area contributed by atoms with Crippen molar-refractivity contribution in [1.29, 1.82) is 0 Å². The molecule has 0 unspecified atom stereocenters. The number of carbonyl (C=O) groups excluding carboxylic acids is 2. The predicted molar refractivity (Wildman–Crippen MR) is 133 cm³/mol. The van der Waals surface area contributed by atoms with Crippen LogP contribution in [0.15, 0.2) is 42.0 Å². The maximum absolute atomic E-state index is 13.0. The number of anilines is 2. The maximum atomic E-state index is 13.0. The zero-order valence-corrected chi connectivity index (χ0v) is 20.5. The normalized spacial score (nSPS) is 16.2. The summed E-state index contributed by atoms with van der Waals surface area (Å²) >= 11 is 14.0. The van der Waals surface area contributed by atoms with Crippen LogP contribution in [-0.2, 0) is 5.41 Å². The van der Waals surface area contributed by atoms with E-state index in [4.69, 9.17) is 23.2 Å². The molecule has 32 heavy (non-hydrogen) atoms. The molecular formula is C26H21Cl2NO2S. The van der Waals surface area contributed by atoms with Gasteiger partial charge in [-0.05, 0) is 66.9 Å². The minimum Gasteiger partial charge on any atom is -0.333 e. The first-order valence-electron chi connectivity index (χ1n) is 10.5. The van der Waals surface area contributed by atoms with Gasteiger partial charge < -0.3 is 4.90 Å². The number of nitrogens with zero attached hydrogens (tertiary/aromatic N) is 1. The lowest BCUT2D eigenvalue weighted by Gasteiger charge is -2.39. The number of carbonyl (C=O) groups is 2. The van der Waals surface area contributed by atoms with Crippen LogP contribution in [0.2, 0.25) is 10.0 Å². The minimum absolute atomic E-state index is 0.145. The summed E-state index contributed by atoms with van der Waals surface area (Å²) in [5.41, 5.74) is 5.05. The highest BCUT2D eigenvalue weighted by Gasteiger charge is 2.38. The molecule has 2 aromatic carbocycles. The van der Waals surface area contributed by atoms with Gasteiger partial charge in [0.2, 0.25) is 0 Å². The molecular weight excluding hydrogens is 461 g/mol. The third-order valence-electron chi connectivity index (χ3n) is 6.41. The van der Waals surface area contributed by atoms with Crippen molar-refractivity contribution in [1.82, 2.24) is 0 Å². The second-order valence-corrected chi connectivity index (χ2v) is 10.8. The summed E-state index contributed by atoms with van der Waals surface area (Å²) < 4.78 is 0. The van der Waals surface area contributed by atoms with Crippen molar-refractivity contribution >= 4 is 62.9 Å². The van der Waals surface area contributed by atoms with Gasteiger partial charge in [-0.1, -0.05) is 43.1 Å². The largest absolute Gasteiger partial charge is 0.333 e. The van der Waals surface area contributed by atoms with Gasteiger partial charge in [0.15, 0.2) is 11.6 Å². The Morgan fingerprint density at radius 3 is 2.19 bits per heavy atom.